The monoisotopic (exact) mass is 314 g/mol. The van der Waals surface area contributed by atoms with Gasteiger partial charge in [0.25, 0.3) is 0 Å². The summed E-state index contributed by atoms with van der Waals surface area (Å²) in [6.45, 7) is 0.796. The molecule has 0 aromatic heterocycles. The Hall–Kier alpha value is -2.13. The molecule has 0 fully saturated rings. The van der Waals surface area contributed by atoms with Gasteiger partial charge in [-0.05, 0) is 24.2 Å². The van der Waals surface area contributed by atoms with Crippen molar-refractivity contribution in [1.29, 1.82) is 0 Å². The van der Waals surface area contributed by atoms with E-state index >= 15 is 0 Å². The maximum Gasteiger partial charge on any atom is 0.418 e. The van der Waals surface area contributed by atoms with E-state index in [1.807, 2.05) is 0 Å². The zero-order chi connectivity index (χ0) is 16.4. The van der Waals surface area contributed by atoms with Gasteiger partial charge in [-0.25, -0.2) is 0 Å². The Bertz CT molecular complexity index is 518. The van der Waals surface area contributed by atoms with Crippen LogP contribution in [0.3, 0.4) is 0 Å². The number of carbonyl (C=O) groups is 1. The van der Waals surface area contributed by atoms with Crippen LogP contribution in [0.1, 0.15) is 18.1 Å². The number of nitrogens with zero attached hydrogens (tertiary/aromatic N) is 2. The Kier molecular flexibility index (Phi) is 4.59. The Morgan fingerprint density at radius 3 is 1.76 bits per heavy atom. The molecule has 21 heavy (non-hydrogen) atoms. The molecule has 0 aliphatic rings. The third-order valence-corrected chi connectivity index (χ3v) is 2.57. The minimum Gasteiger partial charge on any atom is -0.314 e. The molecule has 0 unspecified atom stereocenters. The van der Waals surface area contributed by atoms with Gasteiger partial charge < -0.3 is 4.90 Å². The molecular weight excluding hydrogens is 306 g/mol. The van der Waals surface area contributed by atoms with Crippen LogP contribution in [-0.4, -0.2) is 13.0 Å². The fourth-order valence-corrected chi connectivity index (χ4v) is 1.70. The average Bonchev–Trinajstić information content (AvgIpc) is 2.37. The molecule has 4 nitrogen and oxygen atoms in total. The maximum absolute atomic E-state index is 12.9. The highest BCUT2D eigenvalue weighted by Gasteiger charge is 2.43. The molecule has 1 amide bonds. The Balaban J connectivity index is 3.84. The predicted molar refractivity (Wildman–Crippen MR) is 61.0 cm³/mol. The smallest absolute Gasteiger partial charge is 0.314 e. The Labute approximate surface area is 114 Å². The van der Waals surface area contributed by atoms with E-state index in [2.05, 4.69) is 5.18 Å². The van der Waals surface area contributed by atoms with Crippen molar-refractivity contribution in [2.45, 2.75) is 19.3 Å². The van der Waals surface area contributed by atoms with Crippen molar-refractivity contribution in [2.24, 2.45) is 5.18 Å². The van der Waals surface area contributed by atoms with Gasteiger partial charge in [-0.1, -0.05) is 0 Å². The quantitative estimate of drug-likeness (QED) is 0.477. The number of halogens is 6. The molecule has 0 bridgehead atoms. The first-order valence-electron chi connectivity index (χ1n) is 5.44. The maximum atomic E-state index is 12.9. The summed E-state index contributed by atoms with van der Waals surface area (Å²) in [4.78, 5) is 21.3. The van der Waals surface area contributed by atoms with Crippen molar-refractivity contribution >= 4 is 17.8 Å². The van der Waals surface area contributed by atoms with Crippen LogP contribution in [-0.2, 0) is 17.1 Å². The van der Waals surface area contributed by atoms with Crippen molar-refractivity contribution in [2.75, 3.05) is 11.4 Å². The largest absolute Gasteiger partial charge is 0.418 e. The molecule has 0 aliphatic heterocycles. The van der Waals surface area contributed by atoms with Gasteiger partial charge in [-0.15, -0.1) is 4.91 Å². The van der Waals surface area contributed by atoms with E-state index in [-0.39, 0.29) is 23.4 Å². The summed E-state index contributed by atoms with van der Waals surface area (Å²) in [6, 6.07) is 0.341. The zero-order valence-electron chi connectivity index (χ0n) is 10.4. The van der Waals surface area contributed by atoms with Crippen molar-refractivity contribution in [1.82, 2.24) is 0 Å². The van der Waals surface area contributed by atoms with E-state index in [4.69, 9.17) is 0 Å². The standard InChI is InChI=1S/C11H8F6N2O2/c1-2-19(5-20)9-7(10(12,13)14)3-6(18-21)4-8(9)11(15,16)17/h3-5H,2H2,1H3. The lowest BCUT2D eigenvalue weighted by molar-refractivity contribution is -0.142. The molecule has 0 aliphatic carbocycles. The molecule has 0 radical (unpaired) electrons. The summed E-state index contributed by atoms with van der Waals surface area (Å²) in [5, 5.41) is 2.11. The molecule has 0 saturated heterocycles. The van der Waals surface area contributed by atoms with Crippen LogP contribution in [0.15, 0.2) is 17.3 Å². The molecule has 0 N–H and O–H groups in total. The van der Waals surface area contributed by atoms with E-state index in [9.17, 15) is 36.0 Å². The van der Waals surface area contributed by atoms with Gasteiger partial charge >= 0.3 is 12.4 Å². The highest BCUT2D eigenvalue weighted by atomic mass is 19.4. The lowest BCUT2D eigenvalue weighted by Crippen LogP contribution is -2.27. The highest BCUT2D eigenvalue weighted by Crippen LogP contribution is 2.46. The number of hydrogen-bond donors (Lipinski definition) is 0. The number of amides is 1. The molecule has 0 heterocycles. The summed E-state index contributed by atoms with van der Waals surface area (Å²) >= 11 is 0. The summed E-state index contributed by atoms with van der Waals surface area (Å²) in [5.74, 6) is 0. The van der Waals surface area contributed by atoms with E-state index < -0.39 is 41.4 Å². The second-order valence-corrected chi connectivity index (χ2v) is 3.87. The molecule has 0 atom stereocenters. The molecule has 1 aromatic rings. The van der Waals surface area contributed by atoms with Gasteiger partial charge in [0.05, 0.1) is 16.8 Å². The summed E-state index contributed by atoms with van der Waals surface area (Å²) in [6.07, 6.45) is -10.5. The first-order chi connectivity index (χ1) is 9.56. The molecular formula is C11H8F6N2O2. The molecule has 10 heteroatoms. The first kappa shape index (κ1) is 16.9. The Morgan fingerprint density at radius 2 is 1.52 bits per heavy atom. The SMILES string of the molecule is CCN(C=O)c1c(C(F)(F)F)cc(N=O)cc1C(F)(F)F. The van der Waals surface area contributed by atoms with Crippen LogP contribution in [0.4, 0.5) is 37.7 Å². The van der Waals surface area contributed by atoms with Gasteiger partial charge in [0.2, 0.25) is 6.41 Å². The van der Waals surface area contributed by atoms with Crippen LogP contribution in [0.5, 0.6) is 0 Å². The number of hydrogen-bond acceptors (Lipinski definition) is 3. The van der Waals surface area contributed by atoms with Crippen molar-refractivity contribution in [3.8, 4) is 0 Å². The normalized spacial score (nSPS) is 12.1. The van der Waals surface area contributed by atoms with Crippen LogP contribution in [0.2, 0.25) is 0 Å². The summed E-state index contributed by atoms with van der Waals surface area (Å²) in [5.41, 5.74) is -5.87. The van der Waals surface area contributed by atoms with E-state index in [1.165, 1.54) is 6.92 Å². The second-order valence-electron chi connectivity index (χ2n) is 3.87. The van der Waals surface area contributed by atoms with E-state index in [1.54, 1.807) is 0 Å². The lowest BCUT2D eigenvalue weighted by atomic mass is 10.0. The number of benzene rings is 1. The van der Waals surface area contributed by atoms with Gasteiger partial charge in [0, 0.05) is 6.54 Å². The fourth-order valence-electron chi connectivity index (χ4n) is 1.70. The average molecular weight is 314 g/mol. The van der Waals surface area contributed by atoms with Crippen molar-refractivity contribution in [3.63, 3.8) is 0 Å². The van der Waals surface area contributed by atoms with Crippen molar-refractivity contribution in [3.05, 3.63) is 28.2 Å². The number of carbonyl (C=O) groups excluding carboxylic acids is 1. The number of rotatable bonds is 4. The third kappa shape index (κ3) is 3.50. The van der Waals surface area contributed by atoms with Crippen LogP contribution in [0, 0.1) is 4.91 Å². The van der Waals surface area contributed by atoms with Crippen LogP contribution < -0.4 is 4.90 Å². The summed E-state index contributed by atoms with van der Waals surface area (Å²) in [7, 11) is 0. The van der Waals surface area contributed by atoms with E-state index in [0.29, 0.717) is 0 Å². The molecule has 0 saturated carbocycles. The lowest BCUT2D eigenvalue weighted by Gasteiger charge is -2.25. The van der Waals surface area contributed by atoms with Gasteiger partial charge in [0.15, 0.2) is 0 Å². The second kappa shape index (κ2) is 5.70. The highest BCUT2D eigenvalue weighted by molar-refractivity contribution is 5.81. The fraction of sp³-hybridized carbons (Fsp3) is 0.364. The number of nitroso groups, excluding NO2 is 1. The first-order valence-corrected chi connectivity index (χ1v) is 5.44. The summed E-state index contributed by atoms with van der Waals surface area (Å²) < 4.78 is 77.5. The minimum atomic E-state index is -5.19. The van der Waals surface area contributed by atoms with Crippen LogP contribution >= 0.6 is 0 Å². The number of alkyl halides is 6. The molecule has 1 aromatic carbocycles. The molecule has 116 valence electrons. The van der Waals surface area contributed by atoms with Gasteiger partial charge in [-0.3, -0.25) is 4.79 Å². The molecule has 1 rings (SSSR count). The number of anilines is 1. The molecule has 0 spiro atoms. The van der Waals surface area contributed by atoms with Gasteiger partial charge in [-0.2, -0.15) is 26.3 Å². The van der Waals surface area contributed by atoms with E-state index in [0.717, 1.165) is 0 Å². The van der Waals surface area contributed by atoms with Gasteiger partial charge in [0.1, 0.15) is 5.69 Å². The van der Waals surface area contributed by atoms with Crippen LogP contribution in [0.25, 0.3) is 0 Å². The van der Waals surface area contributed by atoms with Crippen molar-refractivity contribution < 1.29 is 31.1 Å². The Morgan fingerprint density at radius 1 is 1.10 bits per heavy atom. The predicted octanol–water partition coefficient (Wildman–Crippen LogP) is 4.10. The topological polar surface area (TPSA) is 49.7 Å². The zero-order valence-corrected chi connectivity index (χ0v) is 10.4. The third-order valence-electron chi connectivity index (χ3n) is 2.57. The minimum absolute atomic E-state index is 0.145.